The van der Waals surface area contributed by atoms with Gasteiger partial charge in [-0.2, -0.15) is 0 Å². The molecule has 0 heterocycles. The summed E-state index contributed by atoms with van der Waals surface area (Å²) in [6, 6.07) is 12.4. The number of benzene rings is 2. The zero-order valence-electron chi connectivity index (χ0n) is 11.5. The molecule has 0 saturated heterocycles. The molecule has 106 valence electrons. The Morgan fingerprint density at radius 1 is 1.20 bits per heavy atom. The molecule has 0 unspecified atom stereocenters. The fourth-order valence-corrected chi connectivity index (χ4v) is 1.97. The van der Waals surface area contributed by atoms with Crippen LogP contribution in [0.15, 0.2) is 42.5 Å². The third kappa shape index (κ3) is 3.63. The largest absolute Gasteiger partial charge is 0.492 e. The van der Waals surface area contributed by atoms with Gasteiger partial charge in [-0.25, -0.2) is 4.39 Å². The molecule has 0 fully saturated rings. The molecular formula is C16H19FN2O. The molecule has 2 aromatic carbocycles. The molecule has 0 aromatic heterocycles. The quantitative estimate of drug-likeness (QED) is 0.793. The second kappa shape index (κ2) is 6.80. The van der Waals surface area contributed by atoms with Crippen LogP contribution in [0.4, 0.5) is 15.8 Å². The number of anilines is 2. The van der Waals surface area contributed by atoms with Crippen LogP contribution in [0.25, 0.3) is 0 Å². The molecule has 20 heavy (non-hydrogen) atoms. The van der Waals surface area contributed by atoms with Crippen molar-refractivity contribution >= 4 is 11.4 Å². The van der Waals surface area contributed by atoms with Crippen LogP contribution in [0.1, 0.15) is 12.5 Å². The minimum absolute atomic E-state index is 0.165. The van der Waals surface area contributed by atoms with E-state index in [2.05, 4.69) is 5.32 Å². The third-order valence-corrected chi connectivity index (χ3v) is 2.99. The maximum Gasteiger partial charge on any atom is 0.144 e. The number of rotatable bonds is 6. The van der Waals surface area contributed by atoms with E-state index in [4.69, 9.17) is 10.5 Å². The van der Waals surface area contributed by atoms with Crippen molar-refractivity contribution in [2.45, 2.75) is 13.3 Å². The van der Waals surface area contributed by atoms with Gasteiger partial charge in [-0.05, 0) is 37.1 Å². The SMILES string of the molecule is CCOc1cc(NCCc2ccccc2F)ccc1N. The Morgan fingerprint density at radius 2 is 2.00 bits per heavy atom. The van der Waals surface area contributed by atoms with Gasteiger partial charge in [0.05, 0.1) is 12.3 Å². The molecule has 0 aliphatic carbocycles. The van der Waals surface area contributed by atoms with E-state index in [1.165, 1.54) is 6.07 Å². The van der Waals surface area contributed by atoms with Gasteiger partial charge in [0.15, 0.2) is 0 Å². The Balaban J connectivity index is 1.94. The zero-order valence-corrected chi connectivity index (χ0v) is 11.5. The highest BCUT2D eigenvalue weighted by molar-refractivity contribution is 5.61. The summed E-state index contributed by atoms with van der Waals surface area (Å²) >= 11 is 0. The van der Waals surface area contributed by atoms with Crippen molar-refractivity contribution in [3.05, 3.63) is 53.8 Å². The summed E-state index contributed by atoms with van der Waals surface area (Å²) in [4.78, 5) is 0. The van der Waals surface area contributed by atoms with E-state index in [-0.39, 0.29) is 5.82 Å². The minimum Gasteiger partial charge on any atom is -0.492 e. The molecule has 0 aliphatic rings. The molecule has 0 amide bonds. The van der Waals surface area contributed by atoms with Crippen LogP contribution in [0.3, 0.4) is 0 Å². The number of nitrogen functional groups attached to an aromatic ring is 1. The van der Waals surface area contributed by atoms with Crippen molar-refractivity contribution in [1.29, 1.82) is 0 Å². The van der Waals surface area contributed by atoms with Crippen molar-refractivity contribution < 1.29 is 9.13 Å². The fraction of sp³-hybridized carbons (Fsp3) is 0.250. The lowest BCUT2D eigenvalue weighted by atomic mass is 10.1. The molecule has 2 aromatic rings. The third-order valence-electron chi connectivity index (χ3n) is 2.99. The first-order valence-corrected chi connectivity index (χ1v) is 6.70. The monoisotopic (exact) mass is 274 g/mol. The maximum absolute atomic E-state index is 13.5. The predicted molar refractivity (Wildman–Crippen MR) is 80.6 cm³/mol. The second-order valence-corrected chi connectivity index (χ2v) is 4.45. The summed E-state index contributed by atoms with van der Waals surface area (Å²) in [5, 5.41) is 3.24. The number of halogens is 1. The van der Waals surface area contributed by atoms with Gasteiger partial charge in [0.25, 0.3) is 0 Å². The molecule has 4 heteroatoms. The van der Waals surface area contributed by atoms with Crippen LogP contribution in [-0.2, 0) is 6.42 Å². The molecule has 0 bridgehead atoms. The van der Waals surface area contributed by atoms with E-state index >= 15 is 0 Å². The van der Waals surface area contributed by atoms with E-state index in [1.54, 1.807) is 18.2 Å². The maximum atomic E-state index is 13.5. The Labute approximate surface area is 118 Å². The van der Waals surface area contributed by atoms with E-state index in [1.807, 2.05) is 25.1 Å². The van der Waals surface area contributed by atoms with Gasteiger partial charge in [0, 0.05) is 18.3 Å². The molecular weight excluding hydrogens is 255 g/mol. The van der Waals surface area contributed by atoms with Gasteiger partial charge in [-0.1, -0.05) is 18.2 Å². The molecule has 0 aliphatic heterocycles. The van der Waals surface area contributed by atoms with Crippen molar-refractivity contribution in [1.82, 2.24) is 0 Å². The standard InChI is InChI=1S/C16H19FN2O/c1-2-20-16-11-13(7-8-15(16)18)19-10-9-12-5-3-4-6-14(12)17/h3-8,11,19H,2,9-10,18H2,1H3. The van der Waals surface area contributed by atoms with Crippen molar-refractivity contribution in [2.24, 2.45) is 0 Å². The molecule has 0 saturated carbocycles. The smallest absolute Gasteiger partial charge is 0.144 e. The van der Waals surface area contributed by atoms with Crippen LogP contribution in [-0.4, -0.2) is 13.2 Å². The molecule has 0 radical (unpaired) electrons. The lowest BCUT2D eigenvalue weighted by Crippen LogP contribution is -2.06. The van der Waals surface area contributed by atoms with E-state index in [0.29, 0.717) is 36.6 Å². The van der Waals surface area contributed by atoms with Crippen LogP contribution in [0, 0.1) is 5.82 Å². The molecule has 3 N–H and O–H groups in total. The Hall–Kier alpha value is -2.23. The normalized spacial score (nSPS) is 10.3. The summed E-state index contributed by atoms with van der Waals surface area (Å²) in [7, 11) is 0. The Morgan fingerprint density at radius 3 is 2.75 bits per heavy atom. The Bertz CT molecular complexity index is 572. The number of ether oxygens (including phenoxy) is 1. The van der Waals surface area contributed by atoms with E-state index < -0.39 is 0 Å². The van der Waals surface area contributed by atoms with Gasteiger partial charge >= 0.3 is 0 Å². The summed E-state index contributed by atoms with van der Waals surface area (Å²) in [5.41, 5.74) is 8.05. The summed E-state index contributed by atoms with van der Waals surface area (Å²) < 4.78 is 18.9. The van der Waals surface area contributed by atoms with Crippen molar-refractivity contribution in [3.63, 3.8) is 0 Å². The number of hydrogen-bond donors (Lipinski definition) is 2. The van der Waals surface area contributed by atoms with E-state index in [0.717, 1.165) is 5.69 Å². The van der Waals surface area contributed by atoms with Gasteiger partial charge in [-0.15, -0.1) is 0 Å². The second-order valence-electron chi connectivity index (χ2n) is 4.45. The highest BCUT2D eigenvalue weighted by atomic mass is 19.1. The highest BCUT2D eigenvalue weighted by Gasteiger charge is 2.03. The summed E-state index contributed by atoms with van der Waals surface area (Å²) in [6.07, 6.45) is 0.626. The van der Waals surface area contributed by atoms with Crippen LogP contribution in [0.5, 0.6) is 5.75 Å². The first-order chi connectivity index (χ1) is 9.70. The van der Waals surface area contributed by atoms with Gasteiger partial charge in [-0.3, -0.25) is 0 Å². The topological polar surface area (TPSA) is 47.3 Å². The van der Waals surface area contributed by atoms with Gasteiger partial charge < -0.3 is 15.8 Å². The van der Waals surface area contributed by atoms with Crippen LogP contribution >= 0.6 is 0 Å². The van der Waals surface area contributed by atoms with Crippen molar-refractivity contribution in [2.75, 3.05) is 24.2 Å². The van der Waals surface area contributed by atoms with E-state index in [9.17, 15) is 4.39 Å². The fourth-order valence-electron chi connectivity index (χ4n) is 1.97. The predicted octanol–water partition coefficient (Wildman–Crippen LogP) is 3.46. The van der Waals surface area contributed by atoms with Gasteiger partial charge in [0.1, 0.15) is 11.6 Å². The average Bonchev–Trinajstić information content (AvgIpc) is 2.45. The number of nitrogens with one attached hydrogen (secondary N) is 1. The summed E-state index contributed by atoms with van der Waals surface area (Å²) in [6.45, 7) is 3.14. The average molecular weight is 274 g/mol. The highest BCUT2D eigenvalue weighted by Crippen LogP contribution is 2.25. The van der Waals surface area contributed by atoms with Gasteiger partial charge in [0.2, 0.25) is 0 Å². The first kappa shape index (κ1) is 14.2. The zero-order chi connectivity index (χ0) is 14.4. The Kier molecular flexibility index (Phi) is 4.82. The molecule has 3 nitrogen and oxygen atoms in total. The minimum atomic E-state index is -0.165. The van der Waals surface area contributed by atoms with Crippen LogP contribution < -0.4 is 15.8 Å². The van der Waals surface area contributed by atoms with Crippen molar-refractivity contribution in [3.8, 4) is 5.75 Å². The number of nitrogens with two attached hydrogens (primary N) is 1. The summed E-state index contributed by atoms with van der Waals surface area (Å²) in [5.74, 6) is 0.505. The lowest BCUT2D eigenvalue weighted by molar-refractivity contribution is 0.342. The molecule has 2 rings (SSSR count). The first-order valence-electron chi connectivity index (χ1n) is 6.70. The molecule has 0 spiro atoms. The molecule has 0 atom stereocenters. The lowest BCUT2D eigenvalue weighted by Gasteiger charge is -2.11. The number of hydrogen-bond acceptors (Lipinski definition) is 3. The van der Waals surface area contributed by atoms with Crippen LogP contribution in [0.2, 0.25) is 0 Å².